The number of rotatable bonds is 5. The van der Waals surface area contributed by atoms with Gasteiger partial charge in [-0.3, -0.25) is 5.01 Å². The van der Waals surface area contributed by atoms with Crippen molar-refractivity contribution >= 4 is 27.5 Å². The van der Waals surface area contributed by atoms with Crippen LogP contribution >= 0.6 is 15.9 Å². The first-order chi connectivity index (χ1) is 13.1. The third-order valence-electron chi connectivity index (χ3n) is 3.58. The molecule has 0 saturated carbocycles. The molecule has 0 unspecified atom stereocenters. The summed E-state index contributed by atoms with van der Waals surface area (Å²) in [4.78, 5) is 0. The minimum absolute atomic E-state index is 0.00315. The van der Waals surface area contributed by atoms with Gasteiger partial charge in [-0.25, -0.2) is 14.4 Å². The molecule has 0 spiro atoms. The van der Waals surface area contributed by atoms with E-state index in [2.05, 4.69) is 47.5 Å². The van der Waals surface area contributed by atoms with Crippen LogP contribution in [-0.2, 0) is 6.54 Å². The lowest BCUT2D eigenvalue weighted by atomic mass is 10.1. The van der Waals surface area contributed by atoms with Crippen LogP contribution < -0.4 is 10.4 Å². The maximum absolute atomic E-state index is 13.6. The molecular weight excluding hydrogens is 419 g/mol. The van der Waals surface area contributed by atoms with Crippen molar-refractivity contribution < 1.29 is 14.2 Å². The van der Waals surface area contributed by atoms with Crippen LogP contribution in [0, 0.1) is 17.1 Å². The quantitative estimate of drug-likeness (QED) is 0.276. The van der Waals surface area contributed by atoms with Gasteiger partial charge >= 0.3 is 0 Å². The summed E-state index contributed by atoms with van der Waals surface area (Å²) in [7, 11) is 0. The van der Waals surface area contributed by atoms with Crippen LogP contribution in [0.3, 0.4) is 0 Å². The van der Waals surface area contributed by atoms with E-state index in [0.717, 1.165) is 5.56 Å². The lowest BCUT2D eigenvalue weighted by Gasteiger charge is -2.25. The first kappa shape index (κ1) is 18.5. The van der Waals surface area contributed by atoms with Crippen LogP contribution in [0.2, 0.25) is 0 Å². The maximum Gasteiger partial charge on any atom is 0.218 e. The Labute approximate surface area is 161 Å². The lowest BCUT2D eigenvalue weighted by Crippen LogP contribution is -2.43. The van der Waals surface area contributed by atoms with E-state index in [1.807, 2.05) is 0 Å². The number of nitrogens with zero attached hydrogens (tertiary/aromatic N) is 5. The van der Waals surface area contributed by atoms with E-state index < -0.39 is 5.82 Å². The molecule has 0 aliphatic heterocycles. The van der Waals surface area contributed by atoms with E-state index in [1.54, 1.807) is 24.3 Å². The number of aromatic nitrogens is 2. The number of hydrogen-bond acceptors (Lipinski definition) is 7. The predicted octanol–water partition coefficient (Wildman–Crippen LogP) is 3.19. The van der Waals surface area contributed by atoms with Gasteiger partial charge < -0.3 is 5.21 Å². The summed E-state index contributed by atoms with van der Waals surface area (Å²) in [5.74, 6) is -0.431. The zero-order chi connectivity index (χ0) is 19.2. The number of amidine groups is 1. The fourth-order valence-electron chi connectivity index (χ4n) is 2.25. The molecule has 0 fully saturated rings. The second kappa shape index (κ2) is 8.39. The highest BCUT2D eigenvalue weighted by Gasteiger charge is 2.21. The molecule has 0 saturated heterocycles. The van der Waals surface area contributed by atoms with Crippen LogP contribution in [0.4, 0.5) is 10.1 Å². The molecular formula is C17H12BrFN6O2. The highest BCUT2D eigenvalue weighted by molar-refractivity contribution is 9.10. The molecule has 136 valence electrons. The minimum Gasteiger partial charge on any atom is -0.409 e. The first-order valence-electron chi connectivity index (χ1n) is 7.60. The normalized spacial score (nSPS) is 11.2. The smallest absolute Gasteiger partial charge is 0.218 e. The molecule has 1 aromatic heterocycles. The Morgan fingerprint density at radius 1 is 1.33 bits per heavy atom. The van der Waals surface area contributed by atoms with Gasteiger partial charge in [0.2, 0.25) is 5.84 Å². The first-order valence-corrected chi connectivity index (χ1v) is 8.39. The van der Waals surface area contributed by atoms with Gasteiger partial charge in [0.1, 0.15) is 12.0 Å². The van der Waals surface area contributed by atoms with E-state index in [0.29, 0.717) is 17.8 Å². The molecule has 0 aliphatic carbocycles. The summed E-state index contributed by atoms with van der Waals surface area (Å²) in [6, 6.07) is 13.3. The summed E-state index contributed by atoms with van der Waals surface area (Å²) >= 11 is 3.14. The number of hydrazine groups is 1. The highest BCUT2D eigenvalue weighted by atomic mass is 79.9. The fraction of sp³-hybridized carbons (Fsp3) is 0.0588. The van der Waals surface area contributed by atoms with Crippen molar-refractivity contribution in [3.05, 3.63) is 75.8 Å². The second-order valence-electron chi connectivity index (χ2n) is 5.29. The molecule has 0 atom stereocenters. The Hall–Kier alpha value is -3.29. The number of nitriles is 1. The van der Waals surface area contributed by atoms with Crippen LogP contribution in [0.15, 0.2) is 62.9 Å². The van der Waals surface area contributed by atoms with Crippen LogP contribution in [0.1, 0.15) is 16.8 Å². The van der Waals surface area contributed by atoms with Gasteiger partial charge in [0.15, 0.2) is 5.69 Å². The van der Waals surface area contributed by atoms with Crippen molar-refractivity contribution in [2.45, 2.75) is 6.54 Å². The molecule has 3 aromatic rings. The molecule has 1 heterocycles. The molecule has 10 heteroatoms. The maximum atomic E-state index is 13.6. The van der Waals surface area contributed by atoms with Crippen molar-refractivity contribution in [3.63, 3.8) is 0 Å². The number of hydrogen-bond donors (Lipinski definition) is 2. The van der Waals surface area contributed by atoms with Crippen molar-refractivity contribution in [3.8, 4) is 6.07 Å². The van der Waals surface area contributed by atoms with Crippen LogP contribution in [-0.4, -0.2) is 21.4 Å². The van der Waals surface area contributed by atoms with E-state index in [9.17, 15) is 9.60 Å². The lowest BCUT2D eigenvalue weighted by molar-refractivity contribution is 0.303. The van der Waals surface area contributed by atoms with E-state index in [1.165, 1.54) is 29.4 Å². The molecule has 8 nitrogen and oxygen atoms in total. The zero-order valence-electron chi connectivity index (χ0n) is 13.7. The number of halogens is 2. The molecule has 0 bridgehead atoms. The monoisotopic (exact) mass is 430 g/mol. The summed E-state index contributed by atoms with van der Waals surface area (Å²) in [6.45, 7) is 0.324. The molecule has 3 rings (SSSR count). The predicted molar refractivity (Wildman–Crippen MR) is 97.2 cm³/mol. The van der Waals surface area contributed by atoms with Gasteiger partial charge in [-0.1, -0.05) is 22.4 Å². The molecule has 2 N–H and O–H groups in total. The van der Waals surface area contributed by atoms with E-state index in [4.69, 9.17) is 5.26 Å². The third kappa shape index (κ3) is 4.28. The van der Waals surface area contributed by atoms with Crippen molar-refractivity contribution in [1.29, 1.82) is 5.26 Å². The minimum atomic E-state index is -0.434. The number of benzene rings is 2. The summed E-state index contributed by atoms with van der Waals surface area (Å²) < 4.78 is 18.4. The average molecular weight is 431 g/mol. The molecule has 0 aliphatic rings. The van der Waals surface area contributed by atoms with Crippen molar-refractivity contribution in [2.24, 2.45) is 5.16 Å². The van der Waals surface area contributed by atoms with Gasteiger partial charge in [-0.15, -0.1) is 0 Å². The summed E-state index contributed by atoms with van der Waals surface area (Å²) in [6.07, 6.45) is 1.28. The average Bonchev–Trinajstić information content (AvgIpc) is 3.22. The standard InChI is InChI=1S/C17H12BrFN6O2/c18-14-7-13(5-6-15(14)19)25(17(23-26)16-10-22-27-24-16)21-9-12-3-1-11(8-20)2-4-12/h1-7,10,21,26H,9H2. The van der Waals surface area contributed by atoms with E-state index in [-0.39, 0.29) is 16.0 Å². The number of nitrogens with one attached hydrogen (secondary N) is 1. The van der Waals surface area contributed by atoms with Crippen molar-refractivity contribution in [1.82, 2.24) is 15.7 Å². The van der Waals surface area contributed by atoms with Gasteiger partial charge in [0.05, 0.1) is 21.8 Å². The Morgan fingerprint density at radius 3 is 2.70 bits per heavy atom. The van der Waals surface area contributed by atoms with Crippen LogP contribution in [0.25, 0.3) is 0 Å². The van der Waals surface area contributed by atoms with Crippen LogP contribution in [0.5, 0.6) is 0 Å². The highest BCUT2D eigenvalue weighted by Crippen LogP contribution is 2.23. The largest absolute Gasteiger partial charge is 0.409 e. The van der Waals surface area contributed by atoms with Gasteiger partial charge in [-0.05, 0) is 57.0 Å². The van der Waals surface area contributed by atoms with Gasteiger partial charge in [-0.2, -0.15) is 5.26 Å². The molecule has 0 radical (unpaired) electrons. The summed E-state index contributed by atoms with van der Waals surface area (Å²) in [5, 5.41) is 30.2. The Bertz CT molecular complexity index is 986. The Balaban J connectivity index is 1.91. The SMILES string of the molecule is N#Cc1ccc(CNN(C(=NO)c2cnon2)c2ccc(F)c(Br)c2)cc1. The zero-order valence-corrected chi connectivity index (χ0v) is 15.3. The third-order valence-corrected chi connectivity index (χ3v) is 4.19. The topological polar surface area (TPSA) is 111 Å². The molecule has 2 aromatic carbocycles. The number of oxime groups is 1. The Kier molecular flexibility index (Phi) is 5.75. The second-order valence-corrected chi connectivity index (χ2v) is 6.15. The van der Waals surface area contributed by atoms with E-state index >= 15 is 0 Å². The Morgan fingerprint density at radius 2 is 2.11 bits per heavy atom. The summed E-state index contributed by atoms with van der Waals surface area (Å²) in [5.41, 5.74) is 5.15. The number of anilines is 1. The fourth-order valence-corrected chi connectivity index (χ4v) is 2.62. The molecule has 27 heavy (non-hydrogen) atoms. The van der Waals surface area contributed by atoms with Gasteiger partial charge in [0.25, 0.3) is 0 Å². The van der Waals surface area contributed by atoms with Crippen molar-refractivity contribution in [2.75, 3.05) is 5.01 Å². The van der Waals surface area contributed by atoms with Gasteiger partial charge in [0, 0.05) is 6.54 Å². The molecule has 0 amide bonds.